The predicted octanol–water partition coefficient (Wildman–Crippen LogP) is 3.11. The molecular formula is C11H12Cl2N4O. The van der Waals surface area contributed by atoms with Gasteiger partial charge in [-0.3, -0.25) is 0 Å². The lowest BCUT2D eigenvalue weighted by atomic mass is 10.2. The number of pyridine rings is 1. The molecule has 0 saturated carbocycles. The van der Waals surface area contributed by atoms with E-state index >= 15 is 0 Å². The van der Waals surface area contributed by atoms with Crippen LogP contribution in [0.15, 0.2) is 16.8 Å². The average molecular weight is 287 g/mol. The van der Waals surface area contributed by atoms with Crippen LogP contribution in [0.4, 0.5) is 0 Å². The fourth-order valence-electron chi connectivity index (χ4n) is 1.55. The Labute approximate surface area is 115 Å². The van der Waals surface area contributed by atoms with Crippen molar-refractivity contribution in [3.63, 3.8) is 0 Å². The maximum Gasteiger partial charge on any atom is 0.244 e. The molecule has 96 valence electrons. The lowest BCUT2D eigenvalue weighted by Gasteiger charge is -2.06. The maximum atomic E-state index is 6.04. The van der Waals surface area contributed by atoms with Gasteiger partial charge in [0.15, 0.2) is 0 Å². The van der Waals surface area contributed by atoms with Gasteiger partial charge in [0.05, 0.1) is 16.1 Å². The van der Waals surface area contributed by atoms with Crippen molar-refractivity contribution in [1.29, 1.82) is 0 Å². The summed E-state index contributed by atoms with van der Waals surface area (Å²) in [4.78, 5) is 8.39. The second-order valence-corrected chi connectivity index (χ2v) is 4.53. The topological polar surface area (TPSA) is 63.8 Å². The molecule has 0 saturated heterocycles. The summed E-state index contributed by atoms with van der Waals surface area (Å²) in [6, 6.07) is 1.62. The number of hydrogen-bond donors (Lipinski definition) is 1. The molecule has 5 nitrogen and oxygen atoms in total. The summed E-state index contributed by atoms with van der Waals surface area (Å²) in [7, 11) is 1.84. The number of halogens is 2. The van der Waals surface area contributed by atoms with Crippen LogP contribution in [0.5, 0.6) is 0 Å². The first kappa shape index (κ1) is 13.3. The van der Waals surface area contributed by atoms with Gasteiger partial charge in [-0.05, 0) is 19.5 Å². The second kappa shape index (κ2) is 5.65. The van der Waals surface area contributed by atoms with E-state index in [9.17, 15) is 0 Å². The Balaban J connectivity index is 2.34. The highest BCUT2D eigenvalue weighted by Crippen LogP contribution is 2.26. The minimum absolute atomic E-state index is 0.0253. The average Bonchev–Trinajstić information content (AvgIpc) is 2.80. The SMILES string of the molecule is CCC(NC)c1nc(-c2ncc(Cl)cc2Cl)no1. The van der Waals surface area contributed by atoms with E-state index in [4.69, 9.17) is 27.7 Å². The third-order valence-corrected chi connectivity index (χ3v) is 3.01. The minimum Gasteiger partial charge on any atom is -0.337 e. The maximum absolute atomic E-state index is 6.04. The Morgan fingerprint density at radius 2 is 2.22 bits per heavy atom. The minimum atomic E-state index is 0.0253. The Bertz CT molecular complexity index is 540. The number of hydrogen-bond acceptors (Lipinski definition) is 5. The smallest absolute Gasteiger partial charge is 0.244 e. The molecule has 0 bridgehead atoms. The second-order valence-electron chi connectivity index (χ2n) is 3.69. The van der Waals surface area contributed by atoms with Gasteiger partial charge in [0, 0.05) is 6.20 Å². The largest absolute Gasteiger partial charge is 0.337 e. The van der Waals surface area contributed by atoms with Crippen molar-refractivity contribution in [3.8, 4) is 11.5 Å². The summed E-state index contributed by atoms with van der Waals surface area (Å²) >= 11 is 11.8. The number of aromatic nitrogens is 3. The zero-order valence-corrected chi connectivity index (χ0v) is 11.5. The number of rotatable bonds is 4. The van der Waals surface area contributed by atoms with E-state index in [2.05, 4.69) is 20.4 Å². The summed E-state index contributed by atoms with van der Waals surface area (Å²) < 4.78 is 5.19. The third-order valence-electron chi connectivity index (χ3n) is 2.52. The standard InChI is InChI=1S/C11H12Cl2N4O/c1-3-8(14-2)11-16-10(17-18-11)9-7(13)4-6(12)5-15-9/h4-5,8,14H,3H2,1-2H3. The van der Waals surface area contributed by atoms with E-state index in [1.54, 1.807) is 6.07 Å². The molecule has 0 amide bonds. The molecule has 0 spiro atoms. The highest BCUT2D eigenvalue weighted by molar-refractivity contribution is 6.35. The van der Waals surface area contributed by atoms with Crippen molar-refractivity contribution < 1.29 is 4.52 Å². The van der Waals surface area contributed by atoms with Crippen molar-refractivity contribution in [2.75, 3.05) is 7.05 Å². The molecule has 0 aliphatic rings. The molecule has 0 radical (unpaired) electrons. The van der Waals surface area contributed by atoms with Crippen LogP contribution in [0.25, 0.3) is 11.5 Å². The zero-order valence-electron chi connectivity index (χ0n) is 9.94. The van der Waals surface area contributed by atoms with E-state index in [-0.39, 0.29) is 6.04 Å². The van der Waals surface area contributed by atoms with Crippen molar-refractivity contribution in [3.05, 3.63) is 28.2 Å². The zero-order chi connectivity index (χ0) is 13.1. The van der Waals surface area contributed by atoms with Crippen molar-refractivity contribution in [2.24, 2.45) is 0 Å². The third kappa shape index (κ3) is 2.63. The predicted molar refractivity (Wildman–Crippen MR) is 69.6 cm³/mol. The van der Waals surface area contributed by atoms with E-state index in [0.717, 1.165) is 6.42 Å². The molecule has 18 heavy (non-hydrogen) atoms. The van der Waals surface area contributed by atoms with Gasteiger partial charge in [-0.2, -0.15) is 4.98 Å². The molecule has 0 fully saturated rings. The van der Waals surface area contributed by atoms with Crippen LogP contribution in [0.2, 0.25) is 10.0 Å². The summed E-state index contributed by atoms with van der Waals surface area (Å²) in [5.74, 6) is 0.878. The lowest BCUT2D eigenvalue weighted by Crippen LogP contribution is -2.15. The van der Waals surface area contributed by atoms with Crippen LogP contribution < -0.4 is 5.32 Å². The molecule has 1 N–H and O–H groups in total. The molecule has 0 aromatic carbocycles. The lowest BCUT2D eigenvalue weighted by molar-refractivity contribution is 0.334. The molecule has 7 heteroatoms. The van der Waals surface area contributed by atoms with Crippen molar-refractivity contribution >= 4 is 23.2 Å². The Morgan fingerprint density at radius 1 is 1.44 bits per heavy atom. The fourth-order valence-corrected chi connectivity index (χ4v) is 2.02. The molecule has 2 heterocycles. The van der Waals surface area contributed by atoms with Gasteiger partial charge in [-0.25, -0.2) is 4.98 Å². The molecule has 2 rings (SSSR count). The van der Waals surface area contributed by atoms with E-state index in [1.807, 2.05) is 14.0 Å². The van der Waals surface area contributed by atoms with Gasteiger partial charge in [-0.15, -0.1) is 0 Å². The summed E-state index contributed by atoms with van der Waals surface area (Å²) in [6.07, 6.45) is 2.34. The normalized spacial score (nSPS) is 12.7. The highest BCUT2D eigenvalue weighted by Gasteiger charge is 2.18. The first-order valence-corrected chi connectivity index (χ1v) is 6.23. The van der Waals surface area contributed by atoms with Crippen molar-refractivity contribution in [1.82, 2.24) is 20.4 Å². The molecule has 1 atom stereocenters. The van der Waals surface area contributed by atoms with Gasteiger partial charge < -0.3 is 9.84 Å². The van der Waals surface area contributed by atoms with Gasteiger partial charge >= 0.3 is 0 Å². The number of nitrogens with one attached hydrogen (secondary N) is 1. The monoisotopic (exact) mass is 286 g/mol. The number of nitrogens with zero attached hydrogens (tertiary/aromatic N) is 3. The van der Waals surface area contributed by atoms with Crippen LogP contribution in [-0.4, -0.2) is 22.2 Å². The van der Waals surface area contributed by atoms with Crippen LogP contribution in [0, 0.1) is 0 Å². The van der Waals surface area contributed by atoms with Crippen LogP contribution in [0.3, 0.4) is 0 Å². The van der Waals surface area contributed by atoms with Crippen LogP contribution in [0.1, 0.15) is 25.3 Å². The summed E-state index contributed by atoms with van der Waals surface area (Å²) in [5.41, 5.74) is 0.460. The van der Waals surface area contributed by atoms with Gasteiger partial charge in [0.1, 0.15) is 5.69 Å². The molecule has 2 aromatic heterocycles. The molecule has 2 aromatic rings. The summed E-state index contributed by atoms with van der Waals surface area (Å²) in [5, 5.41) is 7.83. The Morgan fingerprint density at radius 3 is 2.83 bits per heavy atom. The van der Waals surface area contributed by atoms with E-state index in [0.29, 0.717) is 27.5 Å². The van der Waals surface area contributed by atoms with Gasteiger partial charge in [0.2, 0.25) is 11.7 Å². The summed E-state index contributed by atoms with van der Waals surface area (Å²) in [6.45, 7) is 2.03. The molecule has 1 unspecified atom stereocenters. The quantitative estimate of drug-likeness (QED) is 0.936. The van der Waals surface area contributed by atoms with Crippen LogP contribution in [-0.2, 0) is 0 Å². The molecule has 0 aliphatic heterocycles. The first-order chi connectivity index (χ1) is 8.65. The molecular weight excluding hydrogens is 275 g/mol. The molecule has 0 aliphatic carbocycles. The highest BCUT2D eigenvalue weighted by atomic mass is 35.5. The van der Waals surface area contributed by atoms with Crippen LogP contribution >= 0.6 is 23.2 Å². The Hall–Kier alpha value is -1.17. The fraction of sp³-hybridized carbons (Fsp3) is 0.364. The van der Waals surface area contributed by atoms with Gasteiger partial charge in [-0.1, -0.05) is 35.3 Å². The van der Waals surface area contributed by atoms with Gasteiger partial charge in [0.25, 0.3) is 0 Å². The first-order valence-electron chi connectivity index (χ1n) is 5.48. The Kier molecular flexibility index (Phi) is 4.16. The van der Waals surface area contributed by atoms with Crippen molar-refractivity contribution in [2.45, 2.75) is 19.4 Å². The van der Waals surface area contributed by atoms with E-state index < -0.39 is 0 Å². The van der Waals surface area contributed by atoms with E-state index in [1.165, 1.54) is 6.20 Å².